The number of nitrogens with zero attached hydrogens (tertiary/aromatic N) is 3. The third kappa shape index (κ3) is 3.11. The average molecular weight is 227 g/mol. The molecule has 4 nitrogen and oxygen atoms in total. The summed E-state index contributed by atoms with van der Waals surface area (Å²) in [5.41, 5.74) is 0. The number of hydrogen-bond acceptors (Lipinski definition) is 2. The van der Waals surface area contributed by atoms with Gasteiger partial charge in [-0.2, -0.15) is 0 Å². The zero-order chi connectivity index (χ0) is 12.0. The molecule has 0 spiro atoms. The standard InChI is InChI=1S/C10H19N3O.C2H6/c1-2-11-6-8-13(9-7-11)10(14)12-4-3-5-12;1-2/h2-9H2,1H3;1-2H3. The lowest BCUT2D eigenvalue weighted by Crippen LogP contribution is -2.55. The molecule has 2 amide bonds. The Morgan fingerprint density at radius 1 is 0.938 bits per heavy atom. The fourth-order valence-corrected chi connectivity index (χ4v) is 1.96. The summed E-state index contributed by atoms with van der Waals surface area (Å²) in [4.78, 5) is 18.1. The molecule has 0 radical (unpaired) electrons. The van der Waals surface area contributed by atoms with Gasteiger partial charge in [-0.3, -0.25) is 0 Å². The van der Waals surface area contributed by atoms with Crippen molar-refractivity contribution in [2.24, 2.45) is 0 Å². The lowest BCUT2D eigenvalue weighted by atomic mass is 10.2. The van der Waals surface area contributed by atoms with Crippen LogP contribution >= 0.6 is 0 Å². The van der Waals surface area contributed by atoms with Gasteiger partial charge in [-0.25, -0.2) is 4.79 Å². The zero-order valence-electron chi connectivity index (χ0n) is 10.9. The van der Waals surface area contributed by atoms with Gasteiger partial charge in [0, 0.05) is 39.3 Å². The van der Waals surface area contributed by atoms with Gasteiger partial charge in [0.1, 0.15) is 0 Å². The molecular formula is C12H25N3O. The number of carbonyl (C=O) groups is 1. The summed E-state index contributed by atoms with van der Waals surface area (Å²) in [6.07, 6.45) is 1.18. The maximum absolute atomic E-state index is 11.8. The summed E-state index contributed by atoms with van der Waals surface area (Å²) in [7, 11) is 0. The number of rotatable bonds is 1. The summed E-state index contributed by atoms with van der Waals surface area (Å²) in [6.45, 7) is 13.1. The SMILES string of the molecule is CC.CCN1CCN(C(=O)N2CCC2)CC1. The van der Waals surface area contributed by atoms with Crippen molar-refractivity contribution < 1.29 is 4.79 Å². The highest BCUT2D eigenvalue weighted by atomic mass is 16.2. The molecule has 16 heavy (non-hydrogen) atoms. The van der Waals surface area contributed by atoms with Crippen LogP contribution in [-0.4, -0.2) is 66.5 Å². The van der Waals surface area contributed by atoms with E-state index in [9.17, 15) is 4.79 Å². The fourth-order valence-electron chi connectivity index (χ4n) is 1.96. The van der Waals surface area contributed by atoms with E-state index in [4.69, 9.17) is 0 Å². The molecule has 0 atom stereocenters. The van der Waals surface area contributed by atoms with Crippen LogP contribution in [0, 0.1) is 0 Å². The predicted octanol–water partition coefficient (Wildman–Crippen LogP) is 1.48. The quantitative estimate of drug-likeness (QED) is 0.678. The molecular weight excluding hydrogens is 202 g/mol. The van der Waals surface area contributed by atoms with Gasteiger partial charge in [-0.1, -0.05) is 20.8 Å². The van der Waals surface area contributed by atoms with E-state index < -0.39 is 0 Å². The second-order valence-electron chi connectivity index (χ2n) is 4.04. The number of urea groups is 1. The zero-order valence-corrected chi connectivity index (χ0v) is 10.9. The van der Waals surface area contributed by atoms with Crippen LogP contribution in [0.15, 0.2) is 0 Å². The van der Waals surface area contributed by atoms with Gasteiger partial charge < -0.3 is 14.7 Å². The van der Waals surface area contributed by atoms with Crippen LogP contribution in [0.5, 0.6) is 0 Å². The van der Waals surface area contributed by atoms with Gasteiger partial charge in [0.05, 0.1) is 0 Å². The first kappa shape index (κ1) is 13.3. The molecule has 0 aliphatic carbocycles. The molecule has 0 aromatic carbocycles. The smallest absolute Gasteiger partial charge is 0.320 e. The summed E-state index contributed by atoms with van der Waals surface area (Å²) in [5, 5.41) is 0. The van der Waals surface area contributed by atoms with E-state index in [0.717, 1.165) is 45.8 Å². The second kappa shape index (κ2) is 6.74. The van der Waals surface area contributed by atoms with Crippen molar-refractivity contribution in [3.63, 3.8) is 0 Å². The molecule has 0 N–H and O–H groups in total. The minimum Gasteiger partial charge on any atom is -0.325 e. The van der Waals surface area contributed by atoms with E-state index >= 15 is 0 Å². The number of amides is 2. The van der Waals surface area contributed by atoms with Gasteiger partial charge in [0.15, 0.2) is 0 Å². The van der Waals surface area contributed by atoms with E-state index in [1.165, 1.54) is 6.42 Å². The van der Waals surface area contributed by atoms with E-state index in [1.807, 2.05) is 23.6 Å². The van der Waals surface area contributed by atoms with Crippen molar-refractivity contribution in [3.8, 4) is 0 Å². The first-order valence-corrected chi connectivity index (χ1v) is 6.57. The number of likely N-dealkylation sites (tertiary alicyclic amines) is 1. The summed E-state index contributed by atoms with van der Waals surface area (Å²) in [5.74, 6) is 0. The minimum atomic E-state index is 0.256. The molecule has 0 aromatic heterocycles. The molecule has 0 unspecified atom stereocenters. The molecule has 2 heterocycles. The van der Waals surface area contributed by atoms with E-state index in [-0.39, 0.29) is 6.03 Å². The van der Waals surface area contributed by atoms with Crippen LogP contribution in [0.2, 0.25) is 0 Å². The Labute approximate surface area is 99.2 Å². The number of likely N-dealkylation sites (N-methyl/N-ethyl adjacent to an activating group) is 1. The van der Waals surface area contributed by atoms with Crippen LogP contribution in [0.1, 0.15) is 27.2 Å². The van der Waals surface area contributed by atoms with E-state index in [2.05, 4.69) is 11.8 Å². The van der Waals surface area contributed by atoms with E-state index in [1.54, 1.807) is 0 Å². The molecule has 94 valence electrons. The normalized spacial score (nSPS) is 20.9. The number of carbonyl (C=O) groups excluding carboxylic acids is 1. The maximum atomic E-state index is 11.8. The topological polar surface area (TPSA) is 26.8 Å². The molecule has 2 aliphatic rings. The van der Waals surface area contributed by atoms with Gasteiger partial charge in [0.2, 0.25) is 0 Å². The lowest BCUT2D eigenvalue weighted by Gasteiger charge is -2.40. The predicted molar refractivity (Wildman–Crippen MR) is 66.6 cm³/mol. The Balaban J connectivity index is 0.000000606. The van der Waals surface area contributed by atoms with Gasteiger partial charge >= 0.3 is 6.03 Å². The van der Waals surface area contributed by atoms with Gasteiger partial charge in [-0.05, 0) is 13.0 Å². The fraction of sp³-hybridized carbons (Fsp3) is 0.917. The van der Waals surface area contributed by atoms with Crippen LogP contribution in [0.3, 0.4) is 0 Å². The van der Waals surface area contributed by atoms with Crippen molar-refractivity contribution in [1.29, 1.82) is 0 Å². The van der Waals surface area contributed by atoms with Crippen molar-refractivity contribution in [3.05, 3.63) is 0 Å². The van der Waals surface area contributed by atoms with Crippen molar-refractivity contribution in [2.45, 2.75) is 27.2 Å². The Morgan fingerprint density at radius 3 is 1.81 bits per heavy atom. The maximum Gasteiger partial charge on any atom is 0.320 e. The van der Waals surface area contributed by atoms with Crippen LogP contribution < -0.4 is 0 Å². The summed E-state index contributed by atoms with van der Waals surface area (Å²) >= 11 is 0. The highest BCUT2D eigenvalue weighted by Gasteiger charge is 2.27. The Hall–Kier alpha value is -0.770. The summed E-state index contributed by atoms with van der Waals surface area (Å²) < 4.78 is 0. The van der Waals surface area contributed by atoms with Crippen molar-refractivity contribution in [1.82, 2.24) is 14.7 Å². The third-order valence-electron chi connectivity index (χ3n) is 3.22. The highest BCUT2D eigenvalue weighted by molar-refractivity contribution is 5.75. The molecule has 2 rings (SSSR count). The van der Waals surface area contributed by atoms with Gasteiger partial charge in [-0.15, -0.1) is 0 Å². The molecule has 4 heteroatoms. The Bertz CT molecular complexity index is 208. The number of piperazine rings is 1. The largest absolute Gasteiger partial charge is 0.325 e. The monoisotopic (exact) mass is 227 g/mol. The van der Waals surface area contributed by atoms with Crippen molar-refractivity contribution in [2.75, 3.05) is 45.8 Å². The second-order valence-corrected chi connectivity index (χ2v) is 4.04. The Kier molecular flexibility index (Phi) is 5.60. The molecule has 2 aliphatic heterocycles. The minimum absolute atomic E-state index is 0.256. The average Bonchev–Trinajstić information content (AvgIpc) is 2.29. The number of hydrogen-bond donors (Lipinski definition) is 0. The molecule has 2 saturated heterocycles. The van der Waals surface area contributed by atoms with Crippen LogP contribution in [0.25, 0.3) is 0 Å². The third-order valence-corrected chi connectivity index (χ3v) is 3.22. The van der Waals surface area contributed by atoms with Crippen LogP contribution in [0.4, 0.5) is 4.79 Å². The van der Waals surface area contributed by atoms with E-state index in [0.29, 0.717) is 0 Å². The first-order chi connectivity index (χ1) is 7.81. The molecule has 0 aromatic rings. The lowest BCUT2D eigenvalue weighted by molar-refractivity contribution is 0.0978. The Morgan fingerprint density at radius 2 is 1.44 bits per heavy atom. The summed E-state index contributed by atoms with van der Waals surface area (Å²) in [6, 6.07) is 0.256. The molecule has 2 fully saturated rings. The van der Waals surface area contributed by atoms with Crippen LogP contribution in [-0.2, 0) is 0 Å². The molecule has 0 bridgehead atoms. The highest BCUT2D eigenvalue weighted by Crippen LogP contribution is 2.11. The molecule has 0 saturated carbocycles. The van der Waals surface area contributed by atoms with Gasteiger partial charge in [0.25, 0.3) is 0 Å². The van der Waals surface area contributed by atoms with Crippen molar-refractivity contribution >= 4 is 6.03 Å². The first-order valence-electron chi connectivity index (χ1n) is 6.57.